The summed E-state index contributed by atoms with van der Waals surface area (Å²) in [5.41, 5.74) is 0.791. The molecule has 0 saturated carbocycles. The van der Waals surface area contributed by atoms with Crippen molar-refractivity contribution in [3.63, 3.8) is 0 Å². The summed E-state index contributed by atoms with van der Waals surface area (Å²) in [5.74, 6) is -0.741. The van der Waals surface area contributed by atoms with E-state index >= 15 is 0 Å². The summed E-state index contributed by atoms with van der Waals surface area (Å²) in [6.07, 6.45) is 0. The number of rotatable bonds is 4. The van der Waals surface area contributed by atoms with E-state index in [0.29, 0.717) is 11.0 Å². The third-order valence-corrected chi connectivity index (χ3v) is 5.14. The Bertz CT molecular complexity index is 1160. The maximum absolute atomic E-state index is 12.8. The predicted molar refractivity (Wildman–Crippen MR) is 95.8 cm³/mol. The van der Waals surface area contributed by atoms with E-state index in [1.54, 1.807) is 13.0 Å². The van der Waals surface area contributed by atoms with Crippen molar-refractivity contribution in [3.05, 3.63) is 70.1 Å². The number of benzene rings is 2. The predicted octanol–water partition coefficient (Wildman–Crippen LogP) is 2.69. The van der Waals surface area contributed by atoms with Gasteiger partial charge in [0, 0.05) is 17.1 Å². The van der Waals surface area contributed by atoms with E-state index in [0.717, 1.165) is 5.56 Å². The summed E-state index contributed by atoms with van der Waals surface area (Å²) in [4.78, 5) is 23.0. The van der Waals surface area contributed by atoms with E-state index in [4.69, 9.17) is 4.42 Å². The van der Waals surface area contributed by atoms with Crippen molar-refractivity contribution >= 4 is 32.6 Å². The average Bonchev–Trinajstić information content (AvgIpc) is 2.60. The number of sulfonamides is 1. The molecule has 8 heteroatoms. The van der Waals surface area contributed by atoms with E-state index in [1.807, 2.05) is 0 Å². The SMILES string of the molecule is COC(=O)c1cc(C)ccc1S(=O)(=O)Nc1ccc2oc(=O)ccc2c1. The Labute approximate surface area is 149 Å². The maximum atomic E-state index is 12.8. The summed E-state index contributed by atoms with van der Waals surface area (Å²) < 4.78 is 37.6. The third-order valence-electron chi connectivity index (χ3n) is 3.70. The van der Waals surface area contributed by atoms with Gasteiger partial charge in [0.15, 0.2) is 0 Å². The molecule has 0 fully saturated rings. The van der Waals surface area contributed by atoms with Crippen molar-refractivity contribution in [1.82, 2.24) is 0 Å². The van der Waals surface area contributed by atoms with Crippen LogP contribution in [0.4, 0.5) is 5.69 Å². The fourth-order valence-electron chi connectivity index (χ4n) is 2.49. The summed E-state index contributed by atoms with van der Waals surface area (Å²) in [7, 11) is -2.85. The van der Waals surface area contributed by atoms with Crippen LogP contribution in [0, 0.1) is 6.92 Å². The number of aryl methyl sites for hydroxylation is 1. The maximum Gasteiger partial charge on any atom is 0.339 e. The lowest BCUT2D eigenvalue weighted by Crippen LogP contribution is -2.17. The van der Waals surface area contributed by atoms with Gasteiger partial charge in [-0.1, -0.05) is 11.6 Å². The van der Waals surface area contributed by atoms with E-state index in [-0.39, 0.29) is 16.1 Å². The van der Waals surface area contributed by atoms with Crippen molar-refractivity contribution in [2.24, 2.45) is 0 Å². The highest BCUT2D eigenvalue weighted by atomic mass is 32.2. The molecule has 26 heavy (non-hydrogen) atoms. The summed E-state index contributed by atoms with van der Waals surface area (Å²) >= 11 is 0. The molecule has 0 radical (unpaired) electrons. The lowest BCUT2D eigenvalue weighted by atomic mass is 10.1. The minimum absolute atomic E-state index is 0.0493. The topological polar surface area (TPSA) is 103 Å². The Morgan fingerprint density at radius 1 is 1.08 bits per heavy atom. The molecule has 1 N–H and O–H groups in total. The van der Waals surface area contributed by atoms with Gasteiger partial charge in [0.05, 0.1) is 12.7 Å². The zero-order valence-electron chi connectivity index (χ0n) is 14.0. The number of nitrogens with one attached hydrogen (secondary N) is 1. The molecule has 1 heterocycles. The molecule has 0 saturated heterocycles. The van der Waals surface area contributed by atoms with E-state index in [2.05, 4.69) is 9.46 Å². The first-order chi connectivity index (χ1) is 12.3. The molecular formula is C18H15NO6S. The number of carbonyl (C=O) groups excluding carboxylic acids is 1. The number of carbonyl (C=O) groups is 1. The van der Waals surface area contributed by atoms with Crippen LogP contribution in [0.5, 0.6) is 0 Å². The van der Waals surface area contributed by atoms with Crippen LogP contribution >= 0.6 is 0 Å². The quantitative estimate of drug-likeness (QED) is 0.557. The number of fused-ring (bicyclic) bond motifs is 1. The van der Waals surface area contributed by atoms with Crippen LogP contribution in [-0.4, -0.2) is 21.5 Å². The summed E-state index contributed by atoms with van der Waals surface area (Å²) in [6.45, 7) is 1.74. The number of hydrogen-bond donors (Lipinski definition) is 1. The van der Waals surface area contributed by atoms with Crippen LogP contribution in [-0.2, 0) is 14.8 Å². The lowest BCUT2D eigenvalue weighted by molar-refractivity contribution is 0.0596. The van der Waals surface area contributed by atoms with Crippen molar-refractivity contribution in [2.75, 3.05) is 11.8 Å². The summed E-state index contributed by atoms with van der Waals surface area (Å²) in [6, 6.07) is 11.7. The monoisotopic (exact) mass is 373 g/mol. The van der Waals surface area contributed by atoms with Crippen molar-refractivity contribution in [1.29, 1.82) is 0 Å². The highest BCUT2D eigenvalue weighted by Crippen LogP contribution is 2.24. The van der Waals surface area contributed by atoms with Crippen LogP contribution in [0.1, 0.15) is 15.9 Å². The molecule has 134 valence electrons. The third kappa shape index (κ3) is 3.45. The van der Waals surface area contributed by atoms with Gasteiger partial charge in [-0.2, -0.15) is 0 Å². The molecule has 0 aliphatic carbocycles. The Morgan fingerprint density at radius 3 is 2.58 bits per heavy atom. The van der Waals surface area contributed by atoms with Gasteiger partial charge in [-0.25, -0.2) is 18.0 Å². The zero-order valence-corrected chi connectivity index (χ0v) is 14.8. The first kappa shape index (κ1) is 17.7. The number of hydrogen-bond acceptors (Lipinski definition) is 6. The molecule has 7 nitrogen and oxygen atoms in total. The normalized spacial score (nSPS) is 11.3. The second kappa shape index (κ2) is 6.64. The minimum Gasteiger partial charge on any atom is -0.465 e. The van der Waals surface area contributed by atoms with E-state index < -0.39 is 21.6 Å². The Morgan fingerprint density at radius 2 is 1.85 bits per heavy atom. The summed E-state index contributed by atoms with van der Waals surface area (Å²) in [5, 5.41) is 0.557. The van der Waals surface area contributed by atoms with Crippen LogP contribution in [0.15, 0.2) is 62.6 Å². The molecule has 0 unspecified atom stereocenters. The fourth-order valence-corrected chi connectivity index (χ4v) is 3.72. The second-order valence-electron chi connectivity index (χ2n) is 5.60. The van der Waals surface area contributed by atoms with E-state index in [1.165, 1.54) is 49.6 Å². The molecule has 0 bridgehead atoms. The highest BCUT2D eigenvalue weighted by molar-refractivity contribution is 7.92. The van der Waals surface area contributed by atoms with Gasteiger partial charge in [0.1, 0.15) is 10.5 Å². The van der Waals surface area contributed by atoms with E-state index in [9.17, 15) is 18.0 Å². The van der Waals surface area contributed by atoms with Gasteiger partial charge in [-0.15, -0.1) is 0 Å². The largest absolute Gasteiger partial charge is 0.465 e. The highest BCUT2D eigenvalue weighted by Gasteiger charge is 2.23. The molecular weight excluding hydrogens is 358 g/mol. The van der Waals surface area contributed by atoms with Gasteiger partial charge < -0.3 is 9.15 Å². The zero-order chi connectivity index (χ0) is 18.9. The molecule has 0 aliphatic heterocycles. The number of methoxy groups -OCH3 is 1. The average molecular weight is 373 g/mol. The standard InChI is InChI=1S/C18H15NO6S/c1-11-3-7-16(14(9-11)18(21)24-2)26(22,23)19-13-5-6-15-12(10-13)4-8-17(20)25-15/h3-10,19H,1-2H3. The molecule has 0 spiro atoms. The molecule has 0 atom stereocenters. The van der Waals surface area contributed by atoms with Gasteiger partial charge in [-0.05, 0) is 43.3 Å². The number of anilines is 1. The van der Waals surface area contributed by atoms with Crippen LogP contribution < -0.4 is 10.3 Å². The molecule has 3 rings (SSSR count). The first-order valence-electron chi connectivity index (χ1n) is 7.56. The first-order valence-corrected chi connectivity index (χ1v) is 9.04. The lowest BCUT2D eigenvalue weighted by Gasteiger charge is -2.12. The molecule has 2 aromatic carbocycles. The molecule has 0 aliphatic rings. The Hall–Kier alpha value is -3.13. The smallest absolute Gasteiger partial charge is 0.339 e. The number of ether oxygens (including phenoxy) is 1. The Kier molecular flexibility index (Phi) is 4.52. The molecule has 0 amide bonds. The van der Waals surface area contributed by atoms with Crippen molar-refractivity contribution < 1.29 is 22.4 Å². The molecule has 1 aromatic heterocycles. The second-order valence-corrected chi connectivity index (χ2v) is 7.25. The fraction of sp³-hybridized carbons (Fsp3) is 0.111. The van der Waals surface area contributed by atoms with Gasteiger partial charge >= 0.3 is 11.6 Å². The van der Waals surface area contributed by atoms with Crippen LogP contribution in [0.25, 0.3) is 11.0 Å². The Balaban J connectivity index is 2.03. The van der Waals surface area contributed by atoms with Gasteiger partial charge in [-0.3, -0.25) is 4.72 Å². The minimum atomic E-state index is -4.04. The van der Waals surface area contributed by atoms with Crippen molar-refractivity contribution in [3.8, 4) is 0 Å². The van der Waals surface area contributed by atoms with Gasteiger partial charge in [0.25, 0.3) is 10.0 Å². The number of esters is 1. The van der Waals surface area contributed by atoms with Crippen LogP contribution in [0.3, 0.4) is 0 Å². The van der Waals surface area contributed by atoms with Crippen molar-refractivity contribution in [2.45, 2.75) is 11.8 Å². The molecule has 3 aromatic rings. The van der Waals surface area contributed by atoms with Gasteiger partial charge in [0.2, 0.25) is 0 Å². The van der Waals surface area contributed by atoms with Crippen LogP contribution in [0.2, 0.25) is 0 Å².